The summed E-state index contributed by atoms with van der Waals surface area (Å²) >= 11 is 0. The fourth-order valence-electron chi connectivity index (χ4n) is 6.25. The smallest absolute Gasteiger partial charge is 0.222 e. The summed E-state index contributed by atoms with van der Waals surface area (Å²) in [5.41, 5.74) is 4.21. The first kappa shape index (κ1) is 24.9. The maximum absolute atomic E-state index is 12.9. The Bertz CT molecular complexity index is 1180. The van der Waals surface area contributed by atoms with Gasteiger partial charge in [0.2, 0.25) is 5.91 Å². The van der Waals surface area contributed by atoms with E-state index in [2.05, 4.69) is 65.0 Å². The molecule has 0 unspecified atom stereocenters. The van der Waals surface area contributed by atoms with Gasteiger partial charge in [0.15, 0.2) is 0 Å². The normalized spacial score (nSPS) is 20.2. The van der Waals surface area contributed by atoms with Gasteiger partial charge in [0.05, 0.1) is 6.61 Å². The number of hydrogen-bond acceptors (Lipinski definition) is 3. The van der Waals surface area contributed by atoms with E-state index in [1.165, 1.54) is 41.4 Å². The molecule has 5 heteroatoms. The molecule has 0 N–H and O–H groups in total. The van der Waals surface area contributed by atoms with Gasteiger partial charge in [-0.25, -0.2) is 0 Å². The number of rotatable bonds is 2. The number of benzene rings is 2. The molecule has 1 saturated heterocycles. The van der Waals surface area contributed by atoms with Gasteiger partial charge in [0, 0.05) is 44.8 Å². The lowest BCUT2D eigenvalue weighted by Gasteiger charge is -2.44. The average Bonchev–Trinajstić information content (AvgIpc) is 3.21. The fraction of sp³-hybridized carbons (Fsp3) is 0.516. The van der Waals surface area contributed by atoms with E-state index < -0.39 is 0 Å². The lowest BCUT2D eigenvalue weighted by Crippen LogP contribution is -2.46. The SMILES string of the molecule is CN1CC2(CCCCc3ccccc3OCCCC1=O)CCN(Cc1cc3ccccc3n1C)CC2. The van der Waals surface area contributed by atoms with Crippen molar-refractivity contribution < 1.29 is 9.53 Å². The Morgan fingerprint density at radius 3 is 2.50 bits per heavy atom. The van der Waals surface area contributed by atoms with Crippen LogP contribution in [0.2, 0.25) is 0 Å². The third kappa shape index (κ3) is 5.62. The molecule has 2 aromatic carbocycles. The first-order valence-electron chi connectivity index (χ1n) is 13.7. The summed E-state index contributed by atoms with van der Waals surface area (Å²) in [6.45, 7) is 4.67. The lowest BCUT2D eigenvalue weighted by molar-refractivity contribution is -0.132. The predicted octanol–water partition coefficient (Wildman–Crippen LogP) is 5.80. The van der Waals surface area contributed by atoms with Crippen molar-refractivity contribution in [2.75, 3.05) is 33.3 Å². The molecule has 2 aliphatic rings. The summed E-state index contributed by atoms with van der Waals surface area (Å²) in [6, 6.07) is 19.4. The lowest BCUT2D eigenvalue weighted by atomic mass is 9.73. The molecule has 1 amide bonds. The van der Waals surface area contributed by atoms with Crippen LogP contribution in [0, 0.1) is 5.41 Å². The summed E-state index contributed by atoms with van der Waals surface area (Å²) in [7, 11) is 4.19. The molecule has 0 radical (unpaired) electrons. The standard InChI is InChI=1S/C31H41N3O2/c1-32-24-31(16-8-7-11-25-10-4-6-14-29(25)36-21-9-15-30(32)35)17-19-34(20-18-31)23-27-22-26-12-3-5-13-28(26)33(27)2/h3-6,10,12-14,22H,7-9,11,15-21,23-24H2,1-2H3. The van der Waals surface area contributed by atoms with Crippen LogP contribution < -0.4 is 4.74 Å². The van der Waals surface area contributed by atoms with Crippen molar-refractivity contribution in [3.05, 3.63) is 65.9 Å². The van der Waals surface area contributed by atoms with E-state index in [0.717, 1.165) is 57.6 Å². The topological polar surface area (TPSA) is 37.7 Å². The number of aryl methyl sites for hydroxylation is 2. The molecular formula is C31H41N3O2. The molecule has 5 nitrogen and oxygen atoms in total. The van der Waals surface area contributed by atoms with Gasteiger partial charge in [-0.1, -0.05) is 42.8 Å². The summed E-state index contributed by atoms with van der Waals surface area (Å²) in [5.74, 6) is 1.24. The first-order chi connectivity index (χ1) is 17.5. The van der Waals surface area contributed by atoms with Crippen molar-refractivity contribution in [2.45, 2.75) is 57.9 Å². The van der Waals surface area contributed by atoms with Gasteiger partial charge >= 0.3 is 0 Å². The average molecular weight is 488 g/mol. The predicted molar refractivity (Wildman–Crippen MR) is 146 cm³/mol. The van der Waals surface area contributed by atoms with E-state index in [1.54, 1.807) is 0 Å². The molecule has 1 aromatic heterocycles. The van der Waals surface area contributed by atoms with Gasteiger partial charge in [-0.2, -0.15) is 0 Å². The van der Waals surface area contributed by atoms with Crippen molar-refractivity contribution in [1.82, 2.24) is 14.4 Å². The summed E-state index contributed by atoms with van der Waals surface area (Å²) < 4.78 is 8.38. The largest absolute Gasteiger partial charge is 0.493 e. The van der Waals surface area contributed by atoms with Crippen molar-refractivity contribution in [3.8, 4) is 5.75 Å². The highest BCUT2D eigenvalue weighted by Gasteiger charge is 2.36. The number of carbonyl (C=O) groups is 1. The highest BCUT2D eigenvalue weighted by Crippen LogP contribution is 2.38. The Balaban J connectivity index is 1.26. The van der Waals surface area contributed by atoms with Gasteiger partial charge in [-0.05, 0) is 86.2 Å². The maximum Gasteiger partial charge on any atom is 0.222 e. The van der Waals surface area contributed by atoms with Crippen LogP contribution in [0.3, 0.4) is 0 Å². The van der Waals surface area contributed by atoms with Crippen LogP contribution in [0.4, 0.5) is 0 Å². The Morgan fingerprint density at radius 1 is 0.889 bits per heavy atom. The molecular weight excluding hydrogens is 446 g/mol. The highest BCUT2D eigenvalue weighted by atomic mass is 16.5. The second kappa shape index (κ2) is 11.1. The van der Waals surface area contributed by atoms with E-state index in [1.807, 2.05) is 18.0 Å². The zero-order valence-corrected chi connectivity index (χ0v) is 22.0. The molecule has 0 atom stereocenters. The number of likely N-dealkylation sites (tertiary alicyclic amines) is 1. The van der Waals surface area contributed by atoms with E-state index in [4.69, 9.17) is 4.74 Å². The number of nitrogens with zero attached hydrogens (tertiary/aromatic N) is 3. The minimum Gasteiger partial charge on any atom is -0.493 e. The van der Waals surface area contributed by atoms with Crippen LogP contribution >= 0.6 is 0 Å². The molecule has 0 bridgehead atoms. The summed E-state index contributed by atoms with van der Waals surface area (Å²) in [5, 5.41) is 1.32. The Labute approximate surface area is 216 Å². The van der Waals surface area contributed by atoms with Crippen LogP contribution in [0.15, 0.2) is 54.6 Å². The van der Waals surface area contributed by atoms with Gasteiger partial charge in [-0.15, -0.1) is 0 Å². The molecule has 0 saturated carbocycles. The molecule has 3 aromatic rings. The summed E-state index contributed by atoms with van der Waals surface area (Å²) in [6.07, 6.45) is 8.26. The fourth-order valence-corrected chi connectivity index (χ4v) is 6.25. The van der Waals surface area contributed by atoms with Crippen LogP contribution in [0.1, 0.15) is 56.2 Å². The molecule has 5 rings (SSSR count). The Kier molecular flexibility index (Phi) is 7.66. The number of amides is 1. The third-order valence-electron chi connectivity index (χ3n) is 8.52. The second-order valence-electron chi connectivity index (χ2n) is 11.0. The molecule has 1 spiro atoms. The van der Waals surface area contributed by atoms with E-state index >= 15 is 0 Å². The van der Waals surface area contributed by atoms with Gasteiger partial charge < -0.3 is 14.2 Å². The third-order valence-corrected chi connectivity index (χ3v) is 8.52. The molecule has 1 fully saturated rings. The van der Waals surface area contributed by atoms with Crippen molar-refractivity contribution in [3.63, 3.8) is 0 Å². The second-order valence-corrected chi connectivity index (χ2v) is 11.0. The van der Waals surface area contributed by atoms with Gasteiger partial charge in [0.25, 0.3) is 0 Å². The maximum atomic E-state index is 12.9. The number of aromatic nitrogens is 1. The molecule has 36 heavy (non-hydrogen) atoms. The van der Waals surface area contributed by atoms with Crippen LogP contribution in [-0.2, 0) is 24.8 Å². The van der Waals surface area contributed by atoms with E-state index in [0.29, 0.717) is 13.0 Å². The minimum absolute atomic E-state index is 0.222. The van der Waals surface area contributed by atoms with Gasteiger partial charge in [0.1, 0.15) is 5.75 Å². The van der Waals surface area contributed by atoms with Crippen molar-refractivity contribution in [1.29, 1.82) is 0 Å². The van der Waals surface area contributed by atoms with Crippen LogP contribution in [0.25, 0.3) is 10.9 Å². The zero-order chi connectivity index (χ0) is 25.0. The first-order valence-corrected chi connectivity index (χ1v) is 13.7. The molecule has 3 heterocycles. The number of piperidine rings is 1. The number of carbonyl (C=O) groups excluding carboxylic acids is 1. The quantitative estimate of drug-likeness (QED) is 0.458. The highest BCUT2D eigenvalue weighted by molar-refractivity contribution is 5.81. The molecule has 2 aliphatic heterocycles. The van der Waals surface area contributed by atoms with Crippen LogP contribution in [0.5, 0.6) is 5.75 Å². The van der Waals surface area contributed by atoms with E-state index in [9.17, 15) is 4.79 Å². The number of fused-ring (bicyclic) bond motifs is 2. The zero-order valence-electron chi connectivity index (χ0n) is 22.0. The monoisotopic (exact) mass is 487 g/mol. The number of hydrogen-bond donors (Lipinski definition) is 0. The Morgan fingerprint density at radius 2 is 1.67 bits per heavy atom. The van der Waals surface area contributed by atoms with Crippen molar-refractivity contribution >= 4 is 16.8 Å². The van der Waals surface area contributed by atoms with E-state index in [-0.39, 0.29) is 11.3 Å². The number of para-hydroxylation sites is 2. The Hall–Kier alpha value is -2.79. The van der Waals surface area contributed by atoms with Crippen LogP contribution in [-0.4, -0.2) is 53.6 Å². The molecule has 192 valence electrons. The molecule has 0 aliphatic carbocycles. The number of ether oxygens (including phenoxy) is 1. The minimum atomic E-state index is 0.222. The summed E-state index contributed by atoms with van der Waals surface area (Å²) in [4.78, 5) is 17.6. The van der Waals surface area contributed by atoms with Gasteiger partial charge in [-0.3, -0.25) is 9.69 Å². The van der Waals surface area contributed by atoms with Crippen molar-refractivity contribution in [2.24, 2.45) is 12.5 Å².